The maximum atomic E-state index is 11.1. The maximum Gasteiger partial charge on any atom is 0.339 e. The third kappa shape index (κ3) is 2.19. The number of carbonyl (C=O) groups is 1. The van der Waals surface area contributed by atoms with Crippen LogP contribution in [-0.4, -0.2) is 50.7 Å². The number of carboxylic acid groups (broad SMARTS) is 1. The molecule has 0 bridgehead atoms. The van der Waals surface area contributed by atoms with E-state index in [1.807, 2.05) is 6.20 Å². The molecule has 1 atom stereocenters. The summed E-state index contributed by atoms with van der Waals surface area (Å²) in [5.74, 6) is 0.453. The Morgan fingerprint density at radius 2 is 2.37 bits per heavy atom. The lowest BCUT2D eigenvalue weighted by atomic mass is 10.0. The molecule has 0 aromatic carbocycles. The summed E-state index contributed by atoms with van der Waals surface area (Å²) in [6.45, 7) is 2.18. The molecule has 0 spiro atoms. The van der Waals surface area contributed by atoms with Crippen LogP contribution >= 0.6 is 0 Å². The first-order valence-electron chi connectivity index (χ1n) is 6.39. The Labute approximate surface area is 110 Å². The number of carboxylic acids is 1. The van der Waals surface area contributed by atoms with Gasteiger partial charge in [0.2, 0.25) is 0 Å². The van der Waals surface area contributed by atoms with E-state index in [1.54, 1.807) is 16.5 Å². The summed E-state index contributed by atoms with van der Waals surface area (Å²) in [6, 6.07) is 3.28. The molecule has 0 aliphatic carbocycles. The lowest BCUT2D eigenvalue weighted by Gasteiger charge is -2.09. The fourth-order valence-corrected chi connectivity index (χ4v) is 2.72. The molecule has 1 N–H and O–H groups in total. The third-order valence-corrected chi connectivity index (χ3v) is 3.70. The number of hydrogen-bond donors (Lipinski definition) is 1. The molecule has 6 nitrogen and oxygen atoms in total. The van der Waals surface area contributed by atoms with E-state index in [-0.39, 0.29) is 5.56 Å². The SMILES string of the molecule is CN1CCC(Cc2nnc3c(C(=O)O)cccn23)C1. The van der Waals surface area contributed by atoms with Gasteiger partial charge in [-0.2, -0.15) is 0 Å². The number of rotatable bonds is 3. The number of fused-ring (bicyclic) bond motifs is 1. The summed E-state index contributed by atoms with van der Waals surface area (Å²) in [4.78, 5) is 13.4. The van der Waals surface area contributed by atoms with Gasteiger partial charge in [0, 0.05) is 19.2 Å². The van der Waals surface area contributed by atoms with Crippen LogP contribution in [0.25, 0.3) is 5.65 Å². The molecular formula is C13H16N4O2. The largest absolute Gasteiger partial charge is 0.478 e. The first kappa shape index (κ1) is 12.1. The van der Waals surface area contributed by atoms with Gasteiger partial charge in [0.15, 0.2) is 5.65 Å². The summed E-state index contributed by atoms with van der Waals surface area (Å²) in [7, 11) is 2.12. The monoisotopic (exact) mass is 260 g/mol. The van der Waals surface area contributed by atoms with Crippen LogP contribution in [0.5, 0.6) is 0 Å². The molecule has 100 valence electrons. The Morgan fingerprint density at radius 1 is 1.53 bits per heavy atom. The zero-order valence-corrected chi connectivity index (χ0v) is 10.8. The van der Waals surface area contributed by atoms with Crippen LogP contribution in [0.3, 0.4) is 0 Å². The molecule has 1 saturated heterocycles. The van der Waals surface area contributed by atoms with E-state index in [1.165, 1.54) is 0 Å². The molecule has 1 unspecified atom stereocenters. The van der Waals surface area contributed by atoms with E-state index in [0.717, 1.165) is 31.8 Å². The van der Waals surface area contributed by atoms with Gasteiger partial charge < -0.3 is 10.0 Å². The van der Waals surface area contributed by atoms with Crippen molar-refractivity contribution in [2.45, 2.75) is 12.8 Å². The highest BCUT2D eigenvalue weighted by Gasteiger charge is 2.22. The van der Waals surface area contributed by atoms with E-state index in [2.05, 4.69) is 22.1 Å². The molecule has 2 aromatic heterocycles. The average molecular weight is 260 g/mol. The van der Waals surface area contributed by atoms with Gasteiger partial charge in [-0.05, 0) is 38.1 Å². The van der Waals surface area contributed by atoms with Crippen LogP contribution in [0, 0.1) is 5.92 Å². The van der Waals surface area contributed by atoms with Gasteiger partial charge in [-0.15, -0.1) is 10.2 Å². The predicted octanol–water partition coefficient (Wildman–Crippen LogP) is 0.922. The number of aromatic carboxylic acids is 1. The van der Waals surface area contributed by atoms with Crippen molar-refractivity contribution in [1.82, 2.24) is 19.5 Å². The standard InChI is InChI=1S/C13H16N4O2/c1-16-6-4-9(8-16)7-11-14-15-12-10(13(18)19)3-2-5-17(11)12/h2-3,5,9H,4,6-8H2,1H3,(H,18,19). The fourth-order valence-electron chi connectivity index (χ4n) is 2.72. The molecule has 3 rings (SSSR count). The van der Waals surface area contributed by atoms with Crippen molar-refractivity contribution >= 4 is 11.6 Å². The van der Waals surface area contributed by atoms with Crippen LogP contribution in [-0.2, 0) is 6.42 Å². The fraction of sp³-hybridized carbons (Fsp3) is 0.462. The lowest BCUT2D eigenvalue weighted by molar-refractivity contribution is 0.0698. The minimum Gasteiger partial charge on any atom is -0.478 e. The third-order valence-electron chi connectivity index (χ3n) is 3.70. The van der Waals surface area contributed by atoms with Gasteiger partial charge in [0.25, 0.3) is 0 Å². The Bertz CT molecular complexity index is 622. The van der Waals surface area contributed by atoms with E-state index >= 15 is 0 Å². The molecule has 3 heterocycles. The van der Waals surface area contributed by atoms with Crippen molar-refractivity contribution in [3.63, 3.8) is 0 Å². The summed E-state index contributed by atoms with van der Waals surface area (Å²) in [6.07, 6.45) is 3.83. The zero-order valence-electron chi connectivity index (χ0n) is 10.8. The zero-order chi connectivity index (χ0) is 13.4. The normalized spacial score (nSPS) is 20.2. The Hall–Kier alpha value is -1.95. The molecule has 1 aliphatic rings. The molecule has 0 radical (unpaired) electrons. The quantitative estimate of drug-likeness (QED) is 0.888. The summed E-state index contributed by atoms with van der Waals surface area (Å²) < 4.78 is 1.79. The molecule has 2 aromatic rings. The molecule has 0 saturated carbocycles. The van der Waals surface area contributed by atoms with Gasteiger partial charge >= 0.3 is 5.97 Å². The molecule has 1 fully saturated rings. The highest BCUT2D eigenvalue weighted by Crippen LogP contribution is 2.20. The average Bonchev–Trinajstić information content (AvgIpc) is 2.97. The van der Waals surface area contributed by atoms with Crippen molar-refractivity contribution in [3.05, 3.63) is 29.7 Å². The van der Waals surface area contributed by atoms with E-state index in [0.29, 0.717) is 11.6 Å². The molecule has 6 heteroatoms. The smallest absolute Gasteiger partial charge is 0.339 e. The second-order valence-corrected chi connectivity index (χ2v) is 5.16. The first-order chi connectivity index (χ1) is 9.15. The van der Waals surface area contributed by atoms with Crippen molar-refractivity contribution in [2.75, 3.05) is 20.1 Å². The van der Waals surface area contributed by atoms with E-state index in [9.17, 15) is 4.79 Å². The van der Waals surface area contributed by atoms with Crippen molar-refractivity contribution < 1.29 is 9.90 Å². The second-order valence-electron chi connectivity index (χ2n) is 5.16. The van der Waals surface area contributed by atoms with Gasteiger partial charge in [-0.1, -0.05) is 0 Å². The van der Waals surface area contributed by atoms with Crippen LogP contribution in [0.1, 0.15) is 22.6 Å². The van der Waals surface area contributed by atoms with Crippen molar-refractivity contribution in [1.29, 1.82) is 0 Å². The predicted molar refractivity (Wildman–Crippen MR) is 69.3 cm³/mol. The number of hydrogen-bond acceptors (Lipinski definition) is 4. The van der Waals surface area contributed by atoms with Gasteiger partial charge in [-0.25, -0.2) is 4.79 Å². The Kier molecular flexibility index (Phi) is 2.94. The van der Waals surface area contributed by atoms with Crippen LogP contribution in [0.15, 0.2) is 18.3 Å². The molecule has 19 heavy (non-hydrogen) atoms. The molecular weight excluding hydrogens is 244 g/mol. The molecule has 0 amide bonds. The summed E-state index contributed by atoms with van der Waals surface area (Å²) >= 11 is 0. The minimum absolute atomic E-state index is 0.199. The van der Waals surface area contributed by atoms with Crippen LogP contribution in [0.2, 0.25) is 0 Å². The Balaban J connectivity index is 1.93. The van der Waals surface area contributed by atoms with E-state index in [4.69, 9.17) is 5.11 Å². The number of aromatic nitrogens is 3. The number of pyridine rings is 1. The van der Waals surface area contributed by atoms with Gasteiger partial charge in [-0.3, -0.25) is 4.40 Å². The maximum absolute atomic E-state index is 11.1. The highest BCUT2D eigenvalue weighted by molar-refractivity contribution is 5.94. The van der Waals surface area contributed by atoms with Gasteiger partial charge in [0.05, 0.1) is 0 Å². The number of nitrogens with zero attached hydrogens (tertiary/aromatic N) is 4. The van der Waals surface area contributed by atoms with E-state index < -0.39 is 5.97 Å². The highest BCUT2D eigenvalue weighted by atomic mass is 16.4. The van der Waals surface area contributed by atoms with Crippen LogP contribution < -0.4 is 0 Å². The minimum atomic E-state index is -0.967. The topological polar surface area (TPSA) is 70.7 Å². The second kappa shape index (κ2) is 4.62. The lowest BCUT2D eigenvalue weighted by Crippen LogP contribution is -2.15. The van der Waals surface area contributed by atoms with Crippen molar-refractivity contribution in [2.24, 2.45) is 5.92 Å². The van der Waals surface area contributed by atoms with Crippen LogP contribution in [0.4, 0.5) is 0 Å². The molecule has 1 aliphatic heterocycles. The Morgan fingerprint density at radius 3 is 3.05 bits per heavy atom. The number of likely N-dealkylation sites (tertiary alicyclic amines) is 1. The first-order valence-corrected chi connectivity index (χ1v) is 6.39. The summed E-state index contributed by atoms with van der Waals surface area (Å²) in [5, 5.41) is 17.3. The van der Waals surface area contributed by atoms with Gasteiger partial charge in [0.1, 0.15) is 11.4 Å². The summed E-state index contributed by atoms with van der Waals surface area (Å²) in [5.41, 5.74) is 0.626. The van der Waals surface area contributed by atoms with Crippen molar-refractivity contribution in [3.8, 4) is 0 Å².